The number of H-pyrrole nitrogens is 1. The molecule has 6 heteroatoms. The molecule has 0 amide bonds. The summed E-state index contributed by atoms with van der Waals surface area (Å²) in [5, 5.41) is -0.117. The molecule has 0 atom stereocenters. The fourth-order valence-electron chi connectivity index (χ4n) is 0.899. The van der Waals surface area contributed by atoms with Gasteiger partial charge in [0.15, 0.2) is 5.43 Å². The highest BCUT2D eigenvalue weighted by molar-refractivity contribution is 6.29. The molecule has 0 unspecified atom stereocenters. The van der Waals surface area contributed by atoms with E-state index in [-0.39, 0.29) is 16.6 Å². The highest BCUT2D eigenvalue weighted by Gasteiger charge is 2.16. The molecular formula is C7H5Cl2F2NO. The van der Waals surface area contributed by atoms with Gasteiger partial charge in [0.2, 0.25) is 0 Å². The molecule has 72 valence electrons. The van der Waals surface area contributed by atoms with Crippen LogP contribution in [0.3, 0.4) is 0 Å². The summed E-state index contributed by atoms with van der Waals surface area (Å²) in [6.07, 6.45) is -2.78. The lowest BCUT2D eigenvalue weighted by Crippen LogP contribution is -2.12. The van der Waals surface area contributed by atoms with E-state index in [2.05, 4.69) is 4.98 Å². The molecular weight excluding hydrogens is 223 g/mol. The maximum absolute atomic E-state index is 12.3. The van der Waals surface area contributed by atoms with Crippen LogP contribution in [-0.4, -0.2) is 4.98 Å². The van der Waals surface area contributed by atoms with Crippen LogP contribution in [0.15, 0.2) is 10.9 Å². The number of hydrogen-bond donors (Lipinski definition) is 1. The third-order valence-corrected chi connectivity index (χ3v) is 1.96. The van der Waals surface area contributed by atoms with Crippen molar-refractivity contribution in [3.63, 3.8) is 0 Å². The third-order valence-electron chi connectivity index (χ3n) is 1.49. The highest BCUT2D eigenvalue weighted by Crippen LogP contribution is 2.21. The first-order valence-electron chi connectivity index (χ1n) is 3.32. The fraction of sp³-hybridized carbons (Fsp3) is 0.286. The van der Waals surface area contributed by atoms with Gasteiger partial charge in [0, 0.05) is 11.6 Å². The molecule has 1 aromatic heterocycles. The van der Waals surface area contributed by atoms with E-state index >= 15 is 0 Å². The number of pyridine rings is 1. The van der Waals surface area contributed by atoms with E-state index in [1.165, 1.54) is 0 Å². The van der Waals surface area contributed by atoms with Gasteiger partial charge >= 0.3 is 0 Å². The van der Waals surface area contributed by atoms with E-state index in [4.69, 9.17) is 23.2 Å². The van der Waals surface area contributed by atoms with Gasteiger partial charge in [-0.25, -0.2) is 8.78 Å². The van der Waals surface area contributed by atoms with Crippen LogP contribution in [0.5, 0.6) is 0 Å². The number of halogens is 4. The van der Waals surface area contributed by atoms with Gasteiger partial charge in [-0.15, -0.1) is 11.6 Å². The molecule has 0 aliphatic rings. The molecule has 0 saturated heterocycles. The molecule has 0 aliphatic heterocycles. The van der Waals surface area contributed by atoms with E-state index in [9.17, 15) is 13.6 Å². The van der Waals surface area contributed by atoms with Gasteiger partial charge in [0.1, 0.15) is 5.15 Å². The quantitative estimate of drug-likeness (QED) is 0.612. The lowest BCUT2D eigenvalue weighted by Gasteiger charge is -2.05. The van der Waals surface area contributed by atoms with Crippen molar-refractivity contribution in [1.82, 2.24) is 4.98 Å². The molecule has 0 fully saturated rings. The fourth-order valence-corrected chi connectivity index (χ4v) is 1.38. The molecule has 0 aliphatic carbocycles. The first kappa shape index (κ1) is 10.5. The van der Waals surface area contributed by atoms with Crippen LogP contribution in [0.25, 0.3) is 0 Å². The molecule has 0 aromatic carbocycles. The van der Waals surface area contributed by atoms with Crippen molar-refractivity contribution in [2.24, 2.45) is 0 Å². The summed E-state index contributed by atoms with van der Waals surface area (Å²) in [5.74, 6) is -0.258. The standard InChI is InChI=1S/C7H5Cl2F2NO/c8-2-3-4(13)1-5(9)12-6(3)7(10)11/h1,7H,2H2,(H,12,13). The number of aromatic nitrogens is 1. The lowest BCUT2D eigenvalue weighted by molar-refractivity contribution is 0.145. The number of hydrogen-bond acceptors (Lipinski definition) is 1. The molecule has 1 aromatic rings. The Morgan fingerprint density at radius 2 is 2.15 bits per heavy atom. The van der Waals surface area contributed by atoms with E-state index in [0.29, 0.717) is 0 Å². The Bertz CT molecular complexity index is 364. The van der Waals surface area contributed by atoms with E-state index in [1.807, 2.05) is 0 Å². The molecule has 13 heavy (non-hydrogen) atoms. The van der Waals surface area contributed by atoms with Crippen LogP contribution in [0.4, 0.5) is 8.78 Å². The van der Waals surface area contributed by atoms with Crippen LogP contribution in [0, 0.1) is 0 Å². The van der Waals surface area contributed by atoms with Gasteiger partial charge in [-0.3, -0.25) is 4.79 Å². The minimum atomic E-state index is -2.78. The normalized spacial score (nSPS) is 10.8. The second-order valence-electron chi connectivity index (χ2n) is 2.31. The molecule has 1 N–H and O–H groups in total. The Hall–Kier alpha value is -0.610. The number of aromatic amines is 1. The molecule has 0 radical (unpaired) electrons. The zero-order chi connectivity index (χ0) is 10.0. The van der Waals surface area contributed by atoms with Crippen molar-refractivity contribution in [2.45, 2.75) is 12.3 Å². The molecule has 1 heterocycles. The highest BCUT2D eigenvalue weighted by atomic mass is 35.5. The van der Waals surface area contributed by atoms with Crippen LogP contribution < -0.4 is 5.43 Å². The first-order valence-corrected chi connectivity index (χ1v) is 4.23. The monoisotopic (exact) mass is 227 g/mol. The topological polar surface area (TPSA) is 32.9 Å². The second-order valence-corrected chi connectivity index (χ2v) is 2.98. The zero-order valence-electron chi connectivity index (χ0n) is 6.28. The van der Waals surface area contributed by atoms with Gasteiger partial charge in [-0.05, 0) is 0 Å². The number of rotatable bonds is 2. The summed E-state index contributed by atoms with van der Waals surface area (Å²) in [5.41, 5.74) is -1.22. The molecule has 2 nitrogen and oxygen atoms in total. The summed E-state index contributed by atoms with van der Waals surface area (Å²) in [6, 6.07) is 1.02. The Balaban J connectivity index is 3.38. The van der Waals surface area contributed by atoms with Crippen LogP contribution in [0.1, 0.15) is 17.7 Å². The van der Waals surface area contributed by atoms with Gasteiger partial charge in [0.05, 0.1) is 11.6 Å². The molecule has 1 rings (SSSR count). The van der Waals surface area contributed by atoms with Crippen molar-refractivity contribution in [3.8, 4) is 0 Å². The van der Waals surface area contributed by atoms with Crippen molar-refractivity contribution in [1.29, 1.82) is 0 Å². The third kappa shape index (κ3) is 2.19. The lowest BCUT2D eigenvalue weighted by atomic mass is 10.2. The average Bonchev–Trinajstić information content (AvgIpc) is 2.02. The smallest absolute Gasteiger partial charge is 0.278 e. The van der Waals surface area contributed by atoms with Crippen molar-refractivity contribution < 1.29 is 8.78 Å². The van der Waals surface area contributed by atoms with Gasteiger partial charge < -0.3 is 4.98 Å². The van der Waals surface area contributed by atoms with E-state index in [1.54, 1.807) is 0 Å². The summed E-state index contributed by atoms with van der Waals surface area (Å²) < 4.78 is 24.6. The Kier molecular flexibility index (Phi) is 3.27. The van der Waals surface area contributed by atoms with Crippen LogP contribution >= 0.6 is 23.2 Å². The van der Waals surface area contributed by atoms with Crippen LogP contribution in [0.2, 0.25) is 5.15 Å². The van der Waals surface area contributed by atoms with E-state index in [0.717, 1.165) is 6.07 Å². The van der Waals surface area contributed by atoms with Crippen molar-refractivity contribution in [2.75, 3.05) is 0 Å². The van der Waals surface area contributed by atoms with Crippen LogP contribution in [-0.2, 0) is 5.88 Å². The Morgan fingerprint density at radius 1 is 1.54 bits per heavy atom. The van der Waals surface area contributed by atoms with Crippen molar-refractivity contribution >= 4 is 23.2 Å². The SMILES string of the molecule is O=c1cc(Cl)[nH]c(C(F)F)c1CCl. The average molecular weight is 228 g/mol. The Morgan fingerprint density at radius 3 is 2.62 bits per heavy atom. The minimum Gasteiger partial charge on any atom is -0.344 e. The molecule has 0 saturated carbocycles. The summed E-state index contributed by atoms with van der Waals surface area (Å²) >= 11 is 10.7. The molecule has 0 spiro atoms. The second kappa shape index (κ2) is 4.07. The maximum Gasteiger partial charge on any atom is 0.278 e. The predicted octanol–water partition coefficient (Wildman–Crippen LogP) is 2.70. The van der Waals surface area contributed by atoms with Crippen molar-refractivity contribution in [3.05, 3.63) is 32.7 Å². The Labute approximate surface area is 82.5 Å². The van der Waals surface area contributed by atoms with Gasteiger partial charge in [-0.1, -0.05) is 11.6 Å². The number of alkyl halides is 3. The minimum absolute atomic E-state index is 0.117. The summed E-state index contributed by atoms with van der Waals surface area (Å²) in [6.45, 7) is 0. The summed E-state index contributed by atoms with van der Waals surface area (Å²) in [7, 11) is 0. The number of nitrogens with one attached hydrogen (secondary N) is 1. The van der Waals surface area contributed by atoms with E-state index < -0.39 is 17.5 Å². The van der Waals surface area contributed by atoms with Gasteiger partial charge in [0.25, 0.3) is 6.43 Å². The first-order chi connectivity index (χ1) is 6.06. The largest absolute Gasteiger partial charge is 0.344 e. The molecule has 0 bridgehead atoms. The maximum atomic E-state index is 12.3. The van der Waals surface area contributed by atoms with Gasteiger partial charge in [-0.2, -0.15) is 0 Å². The zero-order valence-corrected chi connectivity index (χ0v) is 7.79. The predicted molar refractivity (Wildman–Crippen MR) is 46.6 cm³/mol. The summed E-state index contributed by atoms with van der Waals surface area (Å²) in [4.78, 5) is 13.3.